The number of benzene rings is 2. The number of rotatable bonds is 8. The van der Waals surface area contributed by atoms with Crippen LogP contribution < -0.4 is 10.1 Å². The van der Waals surface area contributed by atoms with E-state index in [4.69, 9.17) is 19.6 Å². The Labute approximate surface area is 153 Å². The average molecular weight is 356 g/mol. The van der Waals surface area contributed by atoms with Crippen molar-refractivity contribution in [2.24, 2.45) is 0 Å². The van der Waals surface area contributed by atoms with Crippen LogP contribution >= 0.6 is 0 Å². The topological polar surface area (TPSA) is 80.6 Å². The molecule has 2 aromatic carbocycles. The second-order valence-corrected chi connectivity index (χ2v) is 5.73. The molecule has 0 bridgehead atoms. The molecule has 2 aromatic rings. The van der Waals surface area contributed by atoms with E-state index in [0.29, 0.717) is 30.0 Å². The van der Waals surface area contributed by atoms with E-state index in [1.165, 1.54) is 14.2 Å². The summed E-state index contributed by atoms with van der Waals surface area (Å²) < 4.78 is 15.2. The molecule has 0 heterocycles. The van der Waals surface area contributed by atoms with Crippen molar-refractivity contribution in [3.8, 4) is 5.75 Å². The van der Waals surface area contributed by atoms with Crippen LogP contribution in [-0.2, 0) is 9.47 Å². The fraction of sp³-hybridized carbons (Fsp3) is 0.300. The van der Waals surface area contributed by atoms with Gasteiger partial charge in [-0.15, -0.1) is 0 Å². The average Bonchev–Trinajstić information content (AvgIpc) is 2.70. The molecule has 0 aliphatic rings. The zero-order valence-corrected chi connectivity index (χ0v) is 15.2. The van der Waals surface area contributed by atoms with E-state index in [2.05, 4.69) is 5.32 Å². The third kappa shape index (κ3) is 4.99. The largest absolute Gasteiger partial charge is 0.495 e. The third-order valence-electron chi connectivity index (χ3n) is 4.11. The Bertz CT molecular complexity index is 747. The van der Waals surface area contributed by atoms with Crippen molar-refractivity contribution in [2.75, 3.05) is 33.2 Å². The standard InChI is InChI=1S/C20H24N2O4/c1-24-18-10-9-15(20(23)26-3)11-17(18)22-13-16(12-19(21)25-2)14-7-5-4-6-8-14/h4-11,16,21-22H,12-13H2,1-3H3. The number of carbonyl (C=O) groups is 1. The van der Waals surface area contributed by atoms with Crippen molar-refractivity contribution in [3.63, 3.8) is 0 Å². The van der Waals surface area contributed by atoms with Crippen LogP contribution in [0, 0.1) is 5.41 Å². The van der Waals surface area contributed by atoms with E-state index in [9.17, 15) is 4.79 Å². The van der Waals surface area contributed by atoms with Crippen LogP contribution in [0.4, 0.5) is 5.69 Å². The Kier molecular flexibility index (Phi) is 7.02. The van der Waals surface area contributed by atoms with Crippen LogP contribution in [0.1, 0.15) is 28.3 Å². The Morgan fingerprint density at radius 1 is 1.08 bits per heavy atom. The van der Waals surface area contributed by atoms with E-state index < -0.39 is 5.97 Å². The van der Waals surface area contributed by atoms with Crippen LogP contribution in [0.5, 0.6) is 5.75 Å². The van der Waals surface area contributed by atoms with Gasteiger partial charge in [-0.1, -0.05) is 30.3 Å². The molecule has 0 aliphatic carbocycles. The fourth-order valence-electron chi connectivity index (χ4n) is 2.66. The lowest BCUT2D eigenvalue weighted by Crippen LogP contribution is -2.17. The Hall–Kier alpha value is -3.02. The molecular formula is C20H24N2O4. The number of nitrogens with one attached hydrogen (secondary N) is 2. The Morgan fingerprint density at radius 2 is 1.81 bits per heavy atom. The maximum absolute atomic E-state index is 11.8. The van der Waals surface area contributed by atoms with Crippen molar-refractivity contribution in [3.05, 3.63) is 59.7 Å². The highest BCUT2D eigenvalue weighted by Crippen LogP contribution is 2.28. The molecule has 138 valence electrons. The molecule has 0 amide bonds. The normalized spacial score (nSPS) is 11.3. The first-order valence-corrected chi connectivity index (χ1v) is 8.25. The number of esters is 1. The molecule has 0 saturated heterocycles. The lowest BCUT2D eigenvalue weighted by Gasteiger charge is -2.20. The molecule has 0 aliphatic heterocycles. The molecule has 0 spiro atoms. The second-order valence-electron chi connectivity index (χ2n) is 5.73. The van der Waals surface area contributed by atoms with E-state index in [1.54, 1.807) is 25.3 Å². The van der Waals surface area contributed by atoms with E-state index in [0.717, 1.165) is 5.56 Å². The van der Waals surface area contributed by atoms with Crippen LogP contribution in [0.3, 0.4) is 0 Å². The van der Waals surface area contributed by atoms with Gasteiger partial charge in [0.05, 0.1) is 32.6 Å². The van der Waals surface area contributed by atoms with Gasteiger partial charge in [0.15, 0.2) is 5.90 Å². The highest BCUT2D eigenvalue weighted by molar-refractivity contribution is 5.91. The summed E-state index contributed by atoms with van der Waals surface area (Å²) in [6.07, 6.45) is 0.465. The molecule has 0 fully saturated rings. The smallest absolute Gasteiger partial charge is 0.337 e. The predicted molar refractivity (Wildman–Crippen MR) is 101 cm³/mol. The molecule has 26 heavy (non-hydrogen) atoms. The first-order valence-electron chi connectivity index (χ1n) is 8.25. The minimum Gasteiger partial charge on any atom is -0.495 e. The van der Waals surface area contributed by atoms with Crippen LogP contribution in [-0.4, -0.2) is 39.7 Å². The minimum atomic E-state index is -0.406. The molecule has 2 rings (SSSR count). The minimum absolute atomic E-state index is 0.0372. The van der Waals surface area contributed by atoms with Gasteiger partial charge in [0.1, 0.15) is 5.75 Å². The summed E-state index contributed by atoms with van der Waals surface area (Å²) in [7, 11) is 4.43. The lowest BCUT2D eigenvalue weighted by atomic mass is 9.95. The fourth-order valence-corrected chi connectivity index (χ4v) is 2.66. The quantitative estimate of drug-likeness (QED) is 0.428. The first-order chi connectivity index (χ1) is 12.6. The lowest BCUT2D eigenvalue weighted by molar-refractivity contribution is 0.0600. The highest BCUT2D eigenvalue weighted by atomic mass is 16.5. The summed E-state index contributed by atoms with van der Waals surface area (Å²) >= 11 is 0. The van der Waals surface area contributed by atoms with Gasteiger partial charge in [-0.2, -0.15) is 0 Å². The van der Waals surface area contributed by atoms with Gasteiger partial charge in [0.25, 0.3) is 0 Å². The summed E-state index contributed by atoms with van der Waals surface area (Å²) in [6.45, 7) is 0.552. The van der Waals surface area contributed by atoms with Crippen LogP contribution in [0.25, 0.3) is 0 Å². The zero-order valence-electron chi connectivity index (χ0n) is 15.2. The van der Waals surface area contributed by atoms with Gasteiger partial charge in [-0.05, 0) is 23.8 Å². The van der Waals surface area contributed by atoms with Crippen molar-refractivity contribution in [1.29, 1.82) is 5.41 Å². The van der Waals surface area contributed by atoms with E-state index in [-0.39, 0.29) is 11.8 Å². The molecular weight excluding hydrogens is 332 g/mol. The summed E-state index contributed by atoms with van der Waals surface area (Å²) in [5.74, 6) is 0.480. The van der Waals surface area contributed by atoms with Crippen molar-refractivity contribution < 1.29 is 19.0 Å². The van der Waals surface area contributed by atoms with Crippen LogP contribution in [0.15, 0.2) is 48.5 Å². The number of methoxy groups -OCH3 is 3. The van der Waals surface area contributed by atoms with E-state index in [1.807, 2.05) is 30.3 Å². The summed E-state index contributed by atoms with van der Waals surface area (Å²) in [6, 6.07) is 15.0. The summed E-state index contributed by atoms with van der Waals surface area (Å²) in [4.78, 5) is 11.8. The molecule has 1 unspecified atom stereocenters. The van der Waals surface area contributed by atoms with Gasteiger partial charge in [-0.3, -0.25) is 5.41 Å². The molecule has 6 heteroatoms. The summed E-state index contributed by atoms with van der Waals surface area (Å²) in [5.41, 5.74) is 2.24. The number of ether oxygens (including phenoxy) is 3. The molecule has 0 radical (unpaired) electrons. The number of hydrogen-bond acceptors (Lipinski definition) is 6. The maximum atomic E-state index is 11.8. The second kappa shape index (κ2) is 9.46. The van der Waals surface area contributed by atoms with Gasteiger partial charge < -0.3 is 19.5 Å². The summed E-state index contributed by atoms with van der Waals surface area (Å²) in [5, 5.41) is 11.2. The monoisotopic (exact) mass is 356 g/mol. The molecule has 0 saturated carbocycles. The molecule has 1 atom stereocenters. The Balaban J connectivity index is 2.21. The van der Waals surface area contributed by atoms with Crippen molar-refractivity contribution in [2.45, 2.75) is 12.3 Å². The van der Waals surface area contributed by atoms with Gasteiger partial charge in [-0.25, -0.2) is 4.79 Å². The van der Waals surface area contributed by atoms with Crippen LogP contribution in [0.2, 0.25) is 0 Å². The van der Waals surface area contributed by atoms with Crippen molar-refractivity contribution >= 4 is 17.6 Å². The Morgan fingerprint density at radius 3 is 2.42 bits per heavy atom. The SMILES string of the molecule is COC(=N)CC(CNc1cc(C(=O)OC)ccc1OC)c1ccccc1. The predicted octanol–water partition coefficient (Wildman–Crippen LogP) is 3.69. The first kappa shape index (κ1) is 19.3. The molecule has 2 N–H and O–H groups in total. The van der Waals surface area contributed by atoms with Gasteiger partial charge >= 0.3 is 5.97 Å². The number of hydrogen-bond donors (Lipinski definition) is 2. The van der Waals surface area contributed by atoms with E-state index >= 15 is 0 Å². The maximum Gasteiger partial charge on any atom is 0.337 e. The molecule has 0 aromatic heterocycles. The van der Waals surface area contributed by atoms with Crippen molar-refractivity contribution in [1.82, 2.24) is 0 Å². The highest BCUT2D eigenvalue weighted by Gasteiger charge is 2.16. The van der Waals surface area contributed by atoms with Gasteiger partial charge in [0.2, 0.25) is 0 Å². The number of anilines is 1. The third-order valence-corrected chi connectivity index (χ3v) is 4.11. The number of carbonyl (C=O) groups excluding carboxylic acids is 1. The molecule has 6 nitrogen and oxygen atoms in total. The van der Waals surface area contributed by atoms with Gasteiger partial charge in [0, 0.05) is 18.9 Å². The zero-order chi connectivity index (χ0) is 18.9.